The summed E-state index contributed by atoms with van der Waals surface area (Å²) in [7, 11) is 0. The molecule has 0 aromatic rings. The van der Waals surface area contributed by atoms with Gasteiger partial charge in [-0.05, 0) is 56.3 Å². The van der Waals surface area contributed by atoms with Crippen molar-refractivity contribution in [3.63, 3.8) is 0 Å². The first kappa shape index (κ1) is 18.8. The predicted molar refractivity (Wildman–Crippen MR) is 96.7 cm³/mol. The smallest absolute Gasteiger partial charge is 0.0142 e. The van der Waals surface area contributed by atoms with Crippen LogP contribution in [-0.2, 0) is 0 Å². The average molecular weight is 293 g/mol. The molecule has 1 rings (SSSR count). The Bertz CT molecular complexity index is 321. The molecule has 0 aromatic heterocycles. The molecule has 0 spiro atoms. The molecule has 0 saturated heterocycles. The number of allylic oxidation sites excluding steroid dienone is 2. The van der Waals surface area contributed by atoms with E-state index in [1.807, 2.05) is 0 Å². The Morgan fingerprint density at radius 1 is 1.00 bits per heavy atom. The van der Waals surface area contributed by atoms with Crippen LogP contribution in [0.15, 0.2) is 11.1 Å². The predicted octanol–water partition coefficient (Wildman–Crippen LogP) is 7.54. The van der Waals surface area contributed by atoms with Crippen LogP contribution in [-0.4, -0.2) is 0 Å². The summed E-state index contributed by atoms with van der Waals surface area (Å²) in [5.41, 5.74) is 3.97. The average Bonchev–Trinajstić information content (AvgIpc) is 2.37. The molecule has 0 aliphatic heterocycles. The zero-order chi connectivity index (χ0) is 15.9. The Balaban J connectivity index is 2.31. The summed E-state index contributed by atoms with van der Waals surface area (Å²) in [6, 6.07) is 0. The maximum Gasteiger partial charge on any atom is -0.0142 e. The van der Waals surface area contributed by atoms with Gasteiger partial charge in [-0.25, -0.2) is 0 Å². The van der Waals surface area contributed by atoms with Crippen LogP contribution in [0.4, 0.5) is 0 Å². The van der Waals surface area contributed by atoms with Crippen LogP contribution < -0.4 is 0 Å². The molecule has 0 bridgehead atoms. The first-order valence-corrected chi connectivity index (χ1v) is 9.56. The van der Waals surface area contributed by atoms with Gasteiger partial charge in [-0.1, -0.05) is 77.9 Å². The second-order valence-corrected chi connectivity index (χ2v) is 8.46. The van der Waals surface area contributed by atoms with E-state index in [-0.39, 0.29) is 0 Å². The van der Waals surface area contributed by atoms with E-state index >= 15 is 0 Å². The van der Waals surface area contributed by atoms with Crippen molar-refractivity contribution < 1.29 is 0 Å². The van der Waals surface area contributed by atoms with Crippen LogP contribution >= 0.6 is 0 Å². The van der Waals surface area contributed by atoms with Gasteiger partial charge in [-0.2, -0.15) is 0 Å². The Hall–Kier alpha value is -0.260. The van der Waals surface area contributed by atoms with E-state index in [0.29, 0.717) is 5.41 Å². The minimum Gasteiger partial charge on any atom is -0.0736 e. The molecule has 0 nitrogen and oxygen atoms in total. The highest BCUT2D eigenvalue weighted by Crippen LogP contribution is 2.42. The highest BCUT2D eigenvalue weighted by atomic mass is 14.3. The first-order valence-electron chi connectivity index (χ1n) is 9.56. The van der Waals surface area contributed by atoms with Crippen molar-refractivity contribution in [3.05, 3.63) is 11.1 Å². The van der Waals surface area contributed by atoms with E-state index < -0.39 is 0 Å². The van der Waals surface area contributed by atoms with E-state index in [1.165, 1.54) is 64.2 Å². The minimum absolute atomic E-state index is 0.470. The van der Waals surface area contributed by atoms with Gasteiger partial charge < -0.3 is 0 Å². The molecule has 1 aliphatic carbocycles. The SMILES string of the molecule is CCCC(C)CCCC(C)CCC1=C(C)CCCC1(C)C. The zero-order valence-electron chi connectivity index (χ0n) is 15.7. The van der Waals surface area contributed by atoms with Gasteiger partial charge in [-0.3, -0.25) is 0 Å². The molecule has 1 aliphatic rings. The van der Waals surface area contributed by atoms with Crippen LogP contribution in [0, 0.1) is 17.3 Å². The second kappa shape index (κ2) is 9.01. The quantitative estimate of drug-likeness (QED) is 0.385. The monoisotopic (exact) mass is 292 g/mol. The van der Waals surface area contributed by atoms with Gasteiger partial charge in [0.05, 0.1) is 0 Å². The number of rotatable bonds is 9. The molecular weight excluding hydrogens is 252 g/mol. The fraction of sp³-hybridized carbons (Fsp3) is 0.905. The zero-order valence-corrected chi connectivity index (χ0v) is 15.7. The Morgan fingerprint density at radius 2 is 1.62 bits per heavy atom. The molecule has 21 heavy (non-hydrogen) atoms. The molecule has 2 unspecified atom stereocenters. The first-order chi connectivity index (χ1) is 9.86. The molecule has 2 atom stereocenters. The lowest BCUT2D eigenvalue weighted by Crippen LogP contribution is -2.20. The van der Waals surface area contributed by atoms with E-state index in [1.54, 1.807) is 11.1 Å². The lowest BCUT2D eigenvalue weighted by molar-refractivity contribution is 0.338. The molecule has 0 amide bonds. The molecule has 0 saturated carbocycles. The summed E-state index contributed by atoms with van der Waals surface area (Å²) in [6.07, 6.45) is 13.9. The molecular formula is C21H40. The normalized spacial score (nSPS) is 21.4. The van der Waals surface area contributed by atoms with Crippen LogP contribution in [0.1, 0.15) is 106 Å². The van der Waals surface area contributed by atoms with Crippen LogP contribution in [0.3, 0.4) is 0 Å². The third kappa shape index (κ3) is 6.57. The van der Waals surface area contributed by atoms with Crippen molar-refractivity contribution in [2.24, 2.45) is 17.3 Å². The van der Waals surface area contributed by atoms with Crippen LogP contribution in [0.25, 0.3) is 0 Å². The summed E-state index contributed by atoms with van der Waals surface area (Å²) in [6.45, 7) is 14.5. The fourth-order valence-corrected chi connectivity index (χ4v) is 4.21. The maximum absolute atomic E-state index is 2.47. The molecule has 0 aromatic carbocycles. The van der Waals surface area contributed by atoms with Crippen molar-refractivity contribution in [2.75, 3.05) is 0 Å². The van der Waals surface area contributed by atoms with Gasteiger partial charge in [0.25, 0.3) is 0 Å². The highest BCUT2D eigenvalue weighted by Gasteiger charge is 2.27. The topological polar surface area (TPSA) is 0 Å². The largest absolute Gasteiger partial charge is 0.0736 e. The van der Waals surface area contributed by atoms with Gasteiger partial charge in [0.1, 0.15) is 0 Å². The van der Waals surface area contributed by atoms with Crippen LogP contribution in [0.5, 0.6) is 0 Å². The molecule has 0 heterocycles. The second-order valence-electron chi connectivity index (χ2n) is 8.46. The van der Waals surface area contributed by atoms with Crippen molar-refractivity contribution in [2.45, 2.75) is 106 Å². The highest BCUT2D eigenvalue weighted by molar-refractivity contribution is 5.22. The van der Waals surface area contributed by atoms with E-state index in [2.05, 4.69) is 41.5 Å². The molecule has 0 radical (unpaired) electrons. The minimum atomic E-state index is 0.470. The van der Waals surface area contributed by atoms with Crippen molar-refractivity contribution >= 4 is 0 Å². The standard InChI is InChI=1S/C21H40/c1-7-10-17(2)11-8-12-18(3)14-15-20-19(4)13-9-16-21(20,5)6/h17-18H,7-16H2,1-6H3. The summed E-state index contributed by atoms with van der Waals surface area (Å²) in [5.74, 6) is 1.83. The summed E-state index contributed by atoms with van der Waals surface area (Å²) < 4.78 is 0. The third-order valence-electron chi connectivity index (χ3n) is 5.75. The molecule has 0 heteroatoms. The molecule has 0 fully saturated rings. The van der Waals surface area contributed by atoms with Gasteiger partial charge >= 0.3 is 0 Å². The van der Waals surface area contributed by atoms with Crippen molar-refractivity contribution in [1.29, 1.82) is 0 Å². The molecule has 124 valence electrons. The van der Waals surface area contributed by atoms with E-state index in [0.717, 1.165) is 11.8 Å². The Morgan fingerprint density at radius 3 is 2.19 bits per heavy atom. The van der Waals surface area contributed by atoms with Gasteiger partial charge in [0, 0.05) is 0 Å². The Labute approximate surface area is 134 Å². The third-order valence-corrected chi connectivity index (χ3v) is 5.75. The maximum atomic E-state index is 2.47. The summed E-state index contributed by atoms with van der Waals surface area (Å²) in [5, 5.41) is 0. The lowest BCUT2D eigenvalue weighted by Gasteiger charge is -2.35. The van der Waals surface area contributed by atoms with Gasteiger partial charge in [-0.15, -0.1) is 0 Å². The van der Waals surface area contributed by atoms with Gasteiger partial charge in [0.2, 0.25) is 0 Å². The fourth-order valence-electron chi connectivity index (χ4n) is 4.21. The van der Waals surface area contributed by atoms with Crippen molar-refractivity contribution in [3.8, 4) is 0 Å². The Kier molecular flexibility index (Phi) is 8.06. The van der Waals surface area contributed by atoms with E-state index in [4.69, 9.17) is 0 Å². The van der Waals surface area contributed by atoms with Crippen molar-refractivity contribution in [1.82, 2.24) is 0 Å². The summed E-state index contributed by atoms with van der Waals surface area (Å²) >= 11 is 0. The molecule has 0 N–H and O–H groups in total. The lowest BCUT2D eigenvalue weighted by atomic mass is 9.70. The summed E-state index contributed by atoms with van der Waals surface area (Å²) in [4.78, 5) is 0. The number of hydrogen-bond donors (Lipinski definition) is 0. The van der Waals surface area contributed by atoms with E-state index in [9.17, 15) is 0 Å². The van der Waals surface area contributed by atoms with Crippen LogP contribution in [0.2, 0.25) is 0 Å². The van der Waals surface area contributed by atoms with Gasteiger partial charge in [0.15, 0.2) is 0 Å². The number of hydrogen-bond acceptors (Lipinski definition) is 0.